The van der Waals surface area contributed by atoms with Gasteiger partial charge in [0.1, 0.15) is 12.4 Å². The largest absolute Gasteiger partial charge is 0.492 e. The first-order chi connectivity index (χ1) is 12.9. The van der Waals surface area contributed by atoms with Gasteiger partial charge < -0.3 is 9.64 Å². The Balaban J connectivity index is 1.30. The fourth-order valence-electron chi connectivity index (χ4n) is 3.65. The first-order valence-electron chi connectivity index (χ1n) is 9.47. The number of fused-ring (bicyclic) bond motifs is 1. The summed E-state index contributed by atoms with van der Waals surface area (Å²) in [5.74, 6) is 0.951. The van der Waals surface area contributed by atoms with Gasteiger partial charge in [0, 0.05) is 12.2 Å². The molecule has 2 nitrogen and oxygen atoms in total. The number of para-hydroxylation sites is 1. The molecule has 26 heavy (non-hydrogen) atoms. The highest BCUT2D eigenvalue weighted by Crippen LogP contribution is 2.26. The molecule has 1 heterocycles. The van der Waals surface area contributed by atoms with Crippen LogP contribution in [0.3, 0.4) is 0 Å². The Labute approximate surface area is 156 Å². The van der Waals surface area contributed by atoms with Gasteiger partial charge in [0.05, 0.1) is 6.54 Å². The molecule has 0 radical (unpaired) electrons. The molecular formula is C24H25NO. The Kier molecular flexibility index (Phi) is 5.20. The zero-order chi connectivity index (χ0) is 17.6. The second kappa shape index (κ2) is 8.09. The summed E-state index contributed by atoms with van der Waals surface area (Å²) in [5, 5.41) is 0. The lowest BCUT2D eigenvalue weighted by Gasteiger charge is -2.31. The van der Waals surface area contributed by atoms with E-state index in [9.17, 15) is 0 Å². The maximum atomic E-state index is 5.99. The van der Waals surface area contributed by atoms with Gasteiger partial charge in [0.15, 0.2) is 0 Å². The standard InChI is InChI=1S/C24H25NO/c1-2-7-20(8-3-1)19-21-12-14-23(15-13-21)26-18-17-25-16-6-10-22-9-4-5-11-24(22)25/h1-5,7-9,11-15H,6,10,16-19H2. The van der Waals surface area contributed by atoms with Gasteiger partial charge in [-0.1, -0.05) is 60.7 Å². The minimum Gasteiger partial charge on any atom is -0.492 e. The quantitative estimate of drug-likeness (QED) is 0.617. The molecule has 0 fully saturated rings. The van der Waals surface area contributed by atoms with Crippen LogP contribution in [0.5, 0.6) is 5.75 Å². The number of hydrogen-bond acceptors (Lipinski definition) is 2. The van der Waals surface area contributed by atoms with Gasteiger partial charge in [0.25, 0.3) is 0 Å². The number of benzene rings is 3. The van der Waals surface area contributed by atoms with E-state index in [1.807, 2.05) is 0 Å². The van der Waals surface area contributed by atoms with Gasteiger partial charge in [-0.2, -0.15) is 0 Å². The highest BCUT2D eigenvalue weighted by atomic mass is 16.5. The van der Waals surface area contributed by atoms with Crippen LogP contribution in [0.2, 0.25) is 0 Å². The first-order valence-corrected chi connectivity index (χ1v) is 9.47. The number of anilines is 1. The molecule has 132 valence electrons. The number of aryl methyl sites for hydroxylation is 1. The average molecular weight is 343 g/mol. The van der Waals surface area contributed by atoms with E-state index in [-0.39, 0.29) is 0 Å². The number of hydrogen-bond donors (Lipinski definition) is 0. The van der Waals surface area contributed by atoms with Crippen molar-refractivity contribution in [2.75, 3.05) is 24.6 Å². The van der Waals surface area contributed by atoms with Gasteiger partial charge in [-0.15, -0.1) is 0 Å². The van der Waals surface area contributed by atoms with Crippen LogP contribution in [0.4, 0.5) is 5.69 Å². The molecule has 4 rings (SSSR count). The summed E-state index contributed by atoms with van der Waals surface area (Å²) in [5.41, 5.74) is 5.49. The molecule has 1 aliphatic heterocycles. The lowest BCUT2D eigenvalue weighted by Crippen LogP contribution is -2.33. The van der Waals surface area contributed by atoms with Crippen molar-refractivity contribution in [2.24, 2.45) is 0 Å². The lowest BCUT2D eigenvalue weighted by atomic mass is 10.0. The second-order valence-electron chi connectivity index (χ2n) is 6.87. The molecule has 2 heteroatoms. The van der Waals surface area contributed by atoms with Gasteiger partial charge >= 0.3 is 0 Å². The monoisotopic (exact) mass is 343 g/mol. The molecular weight excluding hydrogens is 318 g/mol. The second-order valence-corrected chi connectivity index (χ2v) is 6.87. The van der Waals surface area contributed by atoms with E-state index in [1.165, 1.54) is 35.2 Å². The van der Waals surface area contributed by atoms with Crippen molar-refractivity contribution in [3.05, 3.63) is 95.6 Å². The van der Waals surface area contributed by atoms with E-state index >= 15 is 0 Å². The maximum Gasteiger partial charge on any atom is 0.119 e. The minimum absolute atomic E-state index is 0.715. The van der Waals surface area contributed by atoms with E-state index in [4.69, 9.17) is 4.74 Å². The topological polar surface area (TPSA) is 12.5 Å². The van der Waals surface area contributed by atoms with Gasteiger partial charge in [-0.25, -0.2) is 0 Å². The van der Waals surface area contributed by atoms with Crippen molar-refractivity contribution in [2.45, 2.75) is 19.3 Å². The van der Waals surface area contributed by atoms with Crippen molar-refractivity contribution in [1.29, 1.82) is 0 Å². The molecule has 0 N–H and O–H groups in total. The summed E-state index contributed by atoms with van der Waals surface area (Å²) in [4.78, 5) is 2.45. The Bertz CT molecular complexity index is 826. The fraction of sp³-hybridized carbons (Fsp3) is 0.250. The summed E-state index contributed by atoms with van der Waals surface area (Å²) in [7, 11) is 0. The highest BCUT2D eigenvalue weighted by molar-refractivity contribution is 5.55. The first kappa shape index (κ1) is 16.7. The van der Waals surface area contributed by atoms with Gasteiger partial charge in [-0.05, 0) is 54.2 Å². The van der Waals surface area contributed by atoms with Crippen LogP contribution in [0.1, 0.15) is 23.1 Å². The summed E-state index contributed by atoms with van der Waals surface area (Å²) in [6, 6.07) is 27.8. The molecule has 0 atom stereocenters. The summed E-state index contributed by atoms with van der Waals surface area (Å²) in [6.45, 7) is 2.77. The molecule has 0 aliphatic carbocycles. The Hall–Kier alpha value is -2.74. The van der Waals surface area contributed by atoms with E-state index in [2.05, 4.69) is 83.8 Å². The van der Waals surface area contributed by atoms with Crippen LogP contribution in [-0.2, 0) is 12.8 Å². The molecule has 0 bridgehead atoms. The van der Waals surface area contributed by atoms with Crippen molar-refractivity contribution < 1.29 is 4.74 Å². The fourth-order valence-corrected chi connectivity index (χ4v) is 3.65. The van der Waals surface area contributed by atoms with Crippen molar-refractivity contribution in [3.63, 3.8) is 0 Å². The number of rotatable bonds is 6. The minimum atomic E-state index is 0.715. The molecule has 0 spiro atoms. The van der Waals surface area contributed by atoms with Crippen LogP contribution in [0, 0.1) is 0 Å². The molecule has 1 aliphatic rings. The van der Waals surface area contributed by atoms with Crippen LogP contribution in [0.25, 0.3) is 0 Å². The van der Waals surface area contributed by atoms with Crippen LogP contribution in [0.15, 0.2) is 78.9 Å². The third-order valence-electron chi connectivity index (χ3n) is 5.01. The van der Waals surface area contributed by atoms with E-state index in [0.29, 0.717) is 6.61 Å². The van der Waals surface area contributed by atoms with Crippen LogP contribution >= 0.6 is 0 Å². The third-order valence-corrected chi connectivity index (χ3v) is 5.01. The number of ether oxygens (including phenoxy) is 1. The summed E-state index contributed by atoms with van der Waals surface area (Å²) < 4.78 is 5.99. The van der Waals surface area contributed by atoms with Gasteiger partial charge in [-0.3, -0.25) is 0 Å². The smallest absolute Gasteiger partial charge is 0.119 e. The summed E-state index contributed by atoms with van der Waals surface area (Å²) in [6.07, 6.45) is 3.38. The summed E-state index contributed by atoms with van der Waals surface area (Å²) >= 11 is 0. The van der Waals surface area contributed by atoms with Crippen molar-refractivity contribution in [1.82, 2.24) is 0 Å². The van der Waals surface area contributed by atoms with E-state index in [1.54, 1.807) is 0 Å². The Morgan fingerprint density at radius 3 is 2.35 bits per heavy atom. The van der Waals surface area contributed by atoms with Gasteiger partial charge in [0.2, 0.25) is 0 Å². The van der Waals surface area contributed by atoms with Crippen molar-refractivity contribution >= 4 is 5.69 Å². The zero-order valence-electron chi connectivity index (χ0n) is 15.1. The molecule has 0 amide bonds. The Morgan fingerprint density at radius 2 is 1.50 bits per heavy atom. The lowest BCUT2D eigenvalue weighted by molar-refractivity contribution is 0.322. The Morgan fingerprint density at radius 1 is 0.769 bits per heavy atom. The number of nitrogens with zero attached hydrogens (tertiary/aromatic N) is 1. The van der Waals surface area contributed by atoms with Crippen molar-refractivity contribution in [3.8, 4) is 5.75 Å². The zero-order valence-corrected chi connectivity index (χ0v) is 15.1. The molecule has 0 unspecified atom stereocenters. The normalized spacial score (nSPS) is 13.3. The molecule has 0 aromatic heterocycles. The molecule has 0 saturated heterocycles. The predicted octanol–water partition coefficient (Wildman–Crippen LogP) is 5.11. The SMILES string of the molecule is c1ccc(Cc2ccc(OCCN3CCCc4ccccc43)cc2)cc1. The van der Waals surface area contributed by atoms with E-state index < -0.39 is 0 Å². The van der Waals surface area contributed by atoms with Crippen LogP contribution in [-0.4, -0.2) is 19.7 Å². The highest BCUT2D eigenvalue weighted by Gasteiger charge is 2.15. The molecule has 0 saturated carbocycles. The van der Waals surface area contributed by atoms with Crippen LogP contribution < -0.4 is 9.64 Å². The van der Waals surface area contributed by atoms with E-state index in [0.717, 1.165) is 25.3 Å². The predicted molar refractivity (Wildman–Crippen MR) is 108 cm³/mol. The molecule has 3 aromatic carbocycles. The third kappa shape index (κ3) is 4.08. The average Bonchev–Trinajstić information content (AvgIpc) is 2.70. The maximum absolute atomic E-state index is 5.99. The molecule has 3 aromatic rings.